The van der Waals surface area contributed by atoms with Gasteiger partial charge in [-0.15, -0.1) is 0 Å². The van der Waals surface area contributed by atoms with Gasteiger partial charge in [-0.3, -0.25) is 4.79 Å². The molecule has 0 saturated carbocycles. The van der Waals surface area contributed by atoms with Crippen molar-refractivity contribution in [1.29, 1.82) is 0 Å². The molecule has 0 radical (unpaired) electrons. The van der Waals surface area contributed by atoms with E-state index in [0.717, 1.165) is 32.1 Å². The van der Waals surface area contributed by atoms with E-state index in [-0.39, 0.29) is 6.61 Å². The number of unbranched alkanes of at least 4 members (excludes halogenated alkanes) is 34. The second-order valence-corrected chi connectivity index (χ2v) is 16.7. The van der Waals surface area contributed by atoms with Gasteiger partial charge in [0.1, 0.15) is 6.10 Å². The van der Waals surface area contributed by atoms with Crippen molar-refractivity contribution in [1.82, 2.24) is 5.32 Å². The Hall–Kier alpha value is -0.910. The van der Waals surface area contributed by atoms with Crippen molar-refractivity contribution >= 4 is 5.91 Å². The van der Waals surface area contributed by atoms with Gasteiger partial charge in [-0.2, -0.15) is 0 Å². The van der Waals surface area contributed by atoms with Crippen molar-refractivity contribution in [2.45, 2.75) is 283 Å². The molecule has 0 aliphatic heterocycles. The summed E-state index contributed by atoms with van der Waals surface area (Å²) >= 11 is 0. The molecule has 0 bridgehead atoms. The molecule has 0 heterocycles. The molecule has 3 unspecified atom stereocenters. The van der Waals surface area contributed by atoms with Gasteiger partial charge in [0.05, 0.1) is 18.8 Å². The molecule has 316 valence electrons. The van der Waals surface area contributed by atoms with Crippen LogP contribution in [-0.2, 0) is 4.79 Å². The number of aliphatic hydroxyl groups excluding tert-OH is 3. The first-order chi connectivity index (χ1) is 26.1. The number of carbonyl (C=O) groups excluding carboxylic acids is 1. The second-order valence-electron chi connectivity index (χ2n) is 16.7. The Labute approximate surface area is 331 Å². The highest BCUT2D eigenvalue weighted by Gasteiger charge is 2.23. The summed E-state index contributed by atoms with van der Waals surface area (Å²) in [4.78, 5) is 12.4. The molecule has 4 N–H and O–H groups in total. The smallest absolute Gasteiger partial charge is 0.249 e. The number of allylic oxidation sites excluding steroid dienone is 2. The lowest BCUT2D eigenvalue weighted by Crippen LogP contribution is -2.49. The van der Waals surface area contributed by atoms with Crippen LogP contribution in [0, 0.1) is 0 Å². The monoisotopic (exact) mass is 750 g/mol. The number of hydrogen-bond donors (Lipinski definition) is 4. The minimum atomic E-state index is -1.07. The molecule has 0 rings (SSSR count). The van der Waals surface area contributed by atoms with Crippen LogP contribution < -0.4 is 5.32 Å². The number of nitrogens with one attached hydrogen (secondary N) is 1. The number of amides is 1. The fraction of sp³-hybridized carbons (Fsp3) is 0.938. The van der Waals surface area contributed by atoms with Gasteiger partial charge in [-0.05, 0) is 38.5 Å². The van der Waals surface area contributed by atoms with Crippen molar-refractivity contribution in [3.05, 3.63) is 12.2 Å². The van der Waals surface area contributed by atoms with Crippen LogP contribution >= 0.6 is 0 Å². The first kappa shape index (κ1) is 52.1. The molecule has 0 aromatic carbocycles. The molecular weight excluding hydrogens is 655 g/mol. The fourth-order valence-corrected chi connectivity index (χ4v) is 7.60. The molecule has 0 aromatic rings. The first-order valence-corrected chi connectivity index (χ1v) is 24.0. The molecule has 1 amide bonds. The quantitative estimate of drug-likeness (QED) is 0.0369. The summed E-state index contributed by atoms with van der Waals surface area (Å²) in [6, 6.07) is -0.706. The van der Waals surface area contributed by atoms with E-state index in [9.17, 15) is 20.1 Å². The van der Waals surface area contributed by atoms with Crippen LogP contribution in [0.1, 0.15) is 264 Å². The van der Waals surface area contributed by atoms with E-state index >= 15 is 0 Å². The Morgan fingerprint density at radius 1 is 0.434 bits per heavy atom. The van der Waals surface area contributed by atoms with Crippen molar-refractivity contribution in [3.8, 4) is 0 Å². The normalized spacial score (nSPS) is 13.5. The Balaban J connectivity index is 3.46. The highest BCUT2D eigenvalue weighted by atomic mass is 16.3. The standard InChI is InChI=1S/C48H95NO4/c1-3-5-7-9-11-13-14-15-16-17-18-19-20-21-22-23-24-25-26-27-28-29-30-31-32-33-35-37-39-41-43-47(52)48(53)49-45(44-50)46(51)42-40-38-36-34-12-10-8-6-4-2/h21-22,45-47,50-52H,3-20,23-44H2,1-2H3,(H,49,53)/b22-21-. The molecule has 0 fully saturated rings. The van der Waals surface area contributed by atoms with Crippen molar-refractivity contribution < 1.29 is 20.1 Å². The average molecular weight is 750 g/mol. The van der Waals surface area contributed by atoms with Crippen LogP contribution in [0.5, 0.6) is 0 Å². The Morgan fingerprint density at radius 2 is 0.717 bits per heavy atom. The number of aliphatic hydroxyl groups is 3. The predicted molar refractivity (Wildman–Crippen MR) is 232 cm³/mol. The van der Waals surface area contributed by atoms with Crippen LogP contribution in [0.15, 0.2) is 12.2 Å². The fourth-order valence-electron chi connectivity index (χ4n) is 7.60. The highest BCUT2D eigenvalue weighted by Crippen LogP contribution is 2.17. The topological polar surface area (TPSA) is 89.8 Å². The zero-order valence-electron chi connectivity index (χ0n) is 35.9. The maximum atomic E-state index is 12.4. The molecule has 0 saturated heterocycles. The zero-order chi connectivity index (χ0) is 38.7. The summed E-state index contributed by atoms with van der Waals surface area (Å²) in [7, 11) is 0. The molecule has 0 spiro atoms. The third-order valence-electron chi connectivity index (χ3n) is 11.4. The third-order valence-corrected chi connectivity index (χ3v) is 11.4. The maximum Gasteiger partial charge on any atom is 0.249 e. The lowest BCUT2D eigenvalue weighted by Gasteiger charge is -2.23. The Bertz CT molecular complexity index is 743. The molecule has 0 aliphatic rings. The third kappa shape index (κ3) is 39.1. The van der Waals surface area contributed by atoms with Gasteiger partial charge < -0.3 is 20.6 Å². The second kappa shape index (κ2) is 43.8. The van der Waals surface area contributed by atoms with E-state index in [4.69, 9.17) is 0 Å². The first-order valence-electron chi connectivity index (χ1n) is 24.0. The van der Waals surface area contributed by atoms with E-state index in [1.54, 1.807) is 0 Å². The van der Waals surface area contributed by atoms with Crippen LogP contribution in [0.3, 0.4) is 0 Å². The van der Waals surface area contributed by atoms with Crippen molar-refractivity contribution in [2.75, 3.05) is 6.61 Å². The number of hydrogen-bond acceptors (Lipinski definition) is 4. The zero-order valence-corrected chi connectivity index (χ0v) is 35.9. The molecule has 5 heteroatoms. The van der Waals surface area contributed by atoms with Gasteiger partial charge in [0.2, 0.25) is 5.91 Å². The van der Waals surface area contributed by atoms with Crippen LogP contribution in [-0.4, -0.2) is 46.1 Å². The lowest BCUT2D eigenvalue weighted by molar-refractivity contribution is -0.131. The van der Waals surface area contributed by atoms with E-state index in [2.05, 4.69) is 31.3 Å². The summed E-state index contributed by atoms with van der Waals surface area (Å²) in [6.45, 7) is 4.22. The van der Waals surface area contributed by atoms with Crippen molar-refractivity contribution in [2.24, 2.45) is 0 Å². The van der Waals surface area contributed by atoms with E-state index in [1.807, 2.05) is 0 Å². The van der Waals surface area contributed by atoms with Crippen LogP contribution in [0.25, 0.3) is 0 Å². The molecule has 0 aliphatic carbocycles. The summed E-state index contributed by atoms with van der Waals surface area (Å²) in [5.41, 5.74) is 0. The molecule has 5 nitrogen and oxygen atoms in total. The minimum absolute atomic E-state index is 0.311. The molecule has 3 atom stereocenters. The van der Waals surface area contributed by atoms with Gasteiger partial charge in [-0.1, -0.05) is 238 Å². The molecule has 53 heavy (non-hydrogen) atoms. The van der Waals surface area contributed by atoms with Gasteiger partial charge in [0.25, 0.3) is 0 Å². The Morgan fingerprint density at radius 3 is 1.04 bits per heavy atom. The number of carbonyl (C=O) groups is 1. The largest absolute Gasteiger partial charge is 0.394 e. The highest BCUT2D eigenvalue weighted by molar-refractivity contribution is 5.80. The van der Waals surface area contributed by atoms with E-state index < -0.39 is 24.2 Å². The lowest BCUT2D eigenvalue weighted by atomic mass is 10.0. The predicted octanol–water partition coefficient (Wildman–Crippen LogP) is 14.0. The van der Waals surface area contributed by atoms with Crippen molar-refractivity contribution in [3.63, 3.8) is 0 Å². The van der Waals surface area contributed by atoms with Crippen LogP contribution in [0.4, 0.5) is 0 Å². The summed E-state index contributed by atoms with van der Waals surface area (Å²) in [5, 5.41) is 33.2. The molecular formula is C48H95NO4. The SMILES string of the molecule is CCCCCCCCCCCCCC/C=C\CCCCCCCCCCCCCCCCC(O)C(=O)NC(CO)C(O)CCCCCCCCCCC. The Kier molecular flexibility index (Phi) is 43.1. The summed E-state index contributed by atoms with van der Waals surface area (Å²) < 4.78 is 0. The van der Waals surface area contributed by atoms with Gasteiger partial charge in [-0.25, -0.2) is 0 Å². The number of rotatable bonds is 44. The summed E-state index contributed by atoms with van der Waals surface area (Å²) in [5.74, 6) is -0.470. The summed E-state index contributed by atoms with van der Waals surface area (Å²) in [6.07, 6.45) is 52.5. The van der Waals surface area contributed by atoms with E-state index in [1.165, 1.54) is 205 Å². The van der Waals surface area contributed by atoms with Gasteiger partial charge in [0, 0.05) is 0 Å². The van der Waals surface area contributed by atoms with E-state index in [0.29, 0.717) is 12.8 Å². The van der Waals surface area contributed by atoms with Gasteiger partial charge >= 0.3 is 0 Å². The van der Waals surface area contributed by atoms with Gasteiger partial charge in [0.15, 0.2) is 0 Å². The minimum Gasteiger partial charge on any atom is -0.394 e. The van der Waals surface area contributed by atoms with Crippen LogP contribution in [0.2, 0.25) is 0 Å². The average Bonchev–Trinajstić information content (AvgIpc) is 3.16. The molecule has 0 aromatic heterocycles. The maximum absolute atomic E-state index is 12.4.